The summed E-state index contributed by atoms with van der Waals surface area (Å²) in [6, 6.07) is 15.0. The van der Waals surface area contributed by atoms with Crippen LogP contribution in [-0.4, -0.2) is 7.11 Å². The van der Waals surface area contributed by atoms with Crippen LogP contribution in [0.5, 0.6) is 5.75 Å². The van der Waals surface area contributed by atoms with Crippen molar-refractivity contribution in [3.63, 3.8) is 0 Å². The van der Waals surface area contributed by atoms with E-state index in [2.05, 4.69) is 0 Å². The molecule has 0 aliphatic rings. The first-order valence-electron chi connectivity index (χ1n) is 6.37. The van der Waals surface area contributed by atoms with Crippen LogP contribution in [0.3, 0.4) is 0 Å². The Morgan fingerprint density at radius 2 is 1.70 bits per heavy atom. The number of hydrogen-bond donors (Lipinski definition) is 0. The Balaban J connectivity index is 2.27. The van der Waals surface area contributed by atoms with Gasteiger partial charge in [0, 0.05) is 5.39 Å². The van der Waals surface area contributed by atoms with Crippen molar-refractivity contribution in [3.8, 4) is 16.9 Å². The van der Waals surface area contributed by atoms with Gasteiger partial charge >= 0.3 is 5.63 Å². The predicted octanol–water partition coefficient (Wildman–Crippen LogP) is 3.78. The highest BCUT2D eigenvalue weighted by molar-refractivity contribution is 5.86. The first-order valence-corrected chi connectivity index (χ1v) is 6.37. The van der Waals surface area contributed by atoms with Crippen molar-refractivity contribution in [3.05, 3.63) is 64.5 Å². The molecule has 0 unspecified atom stereocenters. The quantitative estimate of drug-likeness (QED) is 0.663. The lowest BCUT2D eigenvalue weighted by Gasteiger charge is -2.08. The van der Waals surface area contributed by atoms with E-state index in [1.54, 1.807) is 7.11 Å². The fraction of sp³-hybridized carbons (Fsp3) is 0.118. The highest BCUT2D eigenvalue weighted by Gasteiger charge is 2.12. The van der Waals surface area contributed by atoms with Gasteiger partial charge in [-0.05, 0) is 36.2 Å². The summed E-state index contributed by atoms with van der Waals surface area (Å²) in [5, 5.41) is 0.956. The summed E-state index contributed by atoms with van der Waals surface area (Å²) in [7, 11) is 1.62. The largest absolute Gasteiger partial charge is 0.497 e. The normalized spacial score (nSPS) is 10.7. The molecule has 3 aromatic rings. The number of methoxy groups -OCH3 is 1. The predicted molar refractivity (Wildman–Crippen MR) is 79.2 cm³/mol. The number of para-hydroxylation sites is 1. The van der Waals surface area contributed by atoms with Crippen molar-refractivity contribution in [1.29, 1.82) is 0 Å². The molecule has 0 bridgehead atoms. The fourth-order valence-corrected chi connectivity index (χ4v) is 2.40. The second kappa shape index (κ2) is 4.85. The van der Waals surface area contributed by atoms with Crippen molar-refractivity contribution in [2.24, 2.45) is 0 Å². The molecule has 20 heavy (non-hydrogen) atoms. The van der Waals surface area contributed by atoms with Crippen LogP contribution in [0.1, 0.15) is 5.56 Å². The third-order valence-electron chi connectivity index (χ3n) is 3.45. The molecule has 0 aliphatic carbocycles. The minimum Gasteiger partial charge on any atom is -0.497 e. The maximum absolute atomic E-state index is 12.2. The van der Waals surface area contributed by atoms with Crippen LogP contribution in [-0.2, 0) is 0 Å². The SMILES string of the molecule is COc1ccc(-c2c(C)c3ccccc3oc2=O)cc1. The third kappa shape index (κ3) is 1.97. The first-order chi connectivity index (χ1) is 9.70. The number of aryl methyl sites for hydroxylation is 1. The average molecular weight is 266 g/mol. The van der Waals surface area contributed by atoms with Gasteiger partial charge in [0.1, 0.15) is 11.3 Å². The molecule has 100 valence electrons. The summed E-state index contributed by atoms with van der Waals surface area (Å²) in [5.41, 5.74) is 2.68. The maximum Gasteiger partial charge on any atom is 0.344 e. The molecule has 0 saturated heterocycles. The molecule has 1 aromatic heterocycles. The maximum atomic E-state index is 12.2. The zero-order chi connectivity index (χ0) is 14.1. The van der Waals surface area contributed by atoms with Crippen LogP contribution >= 0.6 is 0 Å². The second-order valence-corrected chi connectivity index (χ2v) is 4.61. The van der Waals surface area contributed by atoms with E-state index in [1.807, 2.05) is 55.5 Å². The Bertz CT molecular complexity index is 814. The molecule has 3 rings (SSSR count). The Hall–Kier alpha value is -2.55. The zero-order valence-electron chi connectivity index (χ0n) is 11.3. The van der Waals surface area contributed by atoms with E-state index < -0.39 is 0 Å². The van der Waals surface area contributed by atoms with Crippen molar-refractivity contribution >= 4 is 11.0 Å². The summed E-state index contributed by atoms with van der Waals surface area (Å²) in [6.45, 7) is 1.94. The Labute approximate surface area is 116 Å². The zero-order valence-corrected chi connectivity index (χ0v) is 11.3. The minimum absolute atomic E-state index is 0.314. The summed E-state index contributed by atoms with van der Waals surface area (Å²) in [4.78, 5) is 12.2. The first kappa shape index (κ1) is 12.5. The van der Waals surface area contributed by atoms with E-state index in [9.17, 15) is 4.79 Å². The van der Waals surface area contributed by atoms with E-state index in [1.165, 1.54) is 0 Å². The van der Waals surface area contributed by atoms with Crippen molar-refractivity contribution < 1.29 is 9.15 Å². The minimum atomic E-state index is -0.314. The van der Waals surface area contributed by atoms with Gasteiger partial charge in [-0.1, -0.05) is 30.3 Å². The van der Waals surface area contributed by atoms with E-state index in [0.29, 0.717) is 11.1 Å². The molecule has 2 aromatic carbocycles. The lowest BCUT2D eigenvalue weighted by Crippen LogP contribution is -2.05. The number of fused-ring (bicyclic) bond motifs is 1. The van der Waals surface area contributed by atoms with Gasteiger partial charge < -0.3 is 9.15 Å². The van der Waals surface area contributed by atoms with Gasteiger partial charge in [0.15, 0.2) is 0 Å². The van der Waals surface area contributed by atoms with Crippen molar-refractivity contribution in [2.45, 2.75) is 6.92 Å². The number of rotatable bonds is 2. The monoisotopic (exact) mass is 266 g/mol. The molecule has 1 heterocycles. The molecule has 0 amide bonds. The number of ether oxygens (including phenoxy) is 1. The molecule has 0 spiro atoms. The Kier molecular flexibility index (Phi) is 3.03. The smallest absolute Gasteiger partial charge is 0.344 e. The molecule has 3 nitrogen and oxygen atoms in total. The second-order valence-electron chi connectivity index (χ2n) is 4.61. The van der Waals surface area contributed by atoms with Crippen LogP contribution in [0, 0.1) is 6.92 Å². The average Bonchev–Trinajstić information content (AvgIpc) is 2.48. The van der Waals surface area contributed by atoms with Gasteiger partial charge in [-0.2, -0.15) is 0 Å². The molecule has 0 aliphatic heterocycles. The third-order valence-corrected chi connectivity index (χ3v) is 3.45. The lowest BCUT2D eigenvalue weighted by atomic mass is 10.00. The van der Waals surface area contributed by atoms with Crippen molar-refractivity contribution in [2.75, 3.05) is 7.11 Å². The molecule has 0 saturated carbocycles. The molecule has 0 radical (unpaired) electrons. The van der Waals surface area contributed by atoms with E-state index in [-0.39, 0.29) is 5.63 Å². The van der Waals surface area contributed by atoms with E-state index in [0.717, 1.165) is 22.3 Å². The molecule has 0 fully saturated rings. The molecular formula is C17H14O3. The highest BCUT2D eigenvalue weighted by Crippen LogP contribution is 2.27. The fourth-order valence-electron chi connectivity index (χ4n) is 2.40. The highest BCUT2D eigenvalue weighted by atomic mass is 16.5. The van der Waals surface area contributed by atoms with Crippen molar-refractivity contribution in [1.82, 2.24) is 0 Å². The van der Waals surface area contributed by atoms with Gasteiger partial charge in [-0.3, -0.25) is 0 Å². The molecule has 3 heteroatoms. The van der Waals surface area contributed by atoms with E-state index >= 15 is 0 Å². The summed E-state index contributed by atoms with van der Waals surface area (Å²) in [5.74, 6) is 0.761. The molecule has 0 N–H and O–H groups in total. The van der Waals surface area contributed by atoms with Gasteiger partial charge in [0.2, 0.25) is 0 Å². The number of hydrogen-bond acceptors (Lipinski definition) is 3. The van der Waals surface area contributed by atoms with Gasteiger partial charge in [0.05, 0.1) is 12.7 Å². The summed E-state index contributed by atoms with van der Waals surface area (Å²) < 4.78 is 10.5. The molecular weight excluding hydrogens is 252 g/mol. The number of benzene rings is 2. The topological polar surface area (TPSA) is 39.4 Å². The van der Waals surface area contributed by atoms with Crippen LogP contribution in [0.2, 0.25) is 0 Å². The Morgan fingerprint density at radius 3 is 2.40 bits per heavy atom. The van der Waals surface area contributed by atoms with Gasteiger partial charge in [-0.25, -0.2) is 4.79 Å². The summed E-state index contributed by atoms with van der Waals surface area (Å²) in [6.07, 6.45) is 0. The van der Waals surface area contributed by atoms with Gasteiger partial charge in [0.25, 0.3) is 0 Å². The lowest BCUT2D eigenvalue weighted by molar-refractivity contribution is 0.415. The Morgan fingerprint density at radius 1 is 1.00 bits per heavy atom. The summed E-state index contributed by atoms with van der Waals surface area (Å²) >= 11 is 0. The van der Waals surface area contributed by atoms with Crippen LogP contribution < -0.4 is 10.4 Å². The standard InChI is InChI=1S/C17H14O3/c1-11-14-5-3-4-6-15(14)20-17(18)16(11)12-7-9-13(19-2)10-8-12/h3-10H,1-2H3. The van der Waals surface area contributed by atoms with E-state index in [4.69, 9.17) is 9.15 Å². The van der Waals surface area contributed by atoms with Crippen LogP contribution in [0.25, 0.3) is 22.1 Å². The van der Waals surface area contributed by atoms with Crippen LogP contribution in [0.15, 0.2) is 57.7 Å². The molecule has 0 atom stereocenters. The van der Waals surface area contributed by atoms with Crippen LogP contribution in [0.4, 0.5) is 0 Å². The van der Waals surface area contributed by atoms with Gasteiger partial charge in [-0.15, -0.1) is 0 Å².